The summed E-state index contributed by atoms with van der Waals surface area (Å²) in [6.07, 6.45) is 1.55. The molecule has 2 aromatic rings. The summed E-state index contributed by atoms with van der Waals surface area (Å²) in [6, 6.07) is 7.17. The third-order valence-electron chi connectivity index (χ3n) is 2.34. The third kappa shape index (κ3) is 3.66. The average molecular weight is 295 g/mol. The Hall–Kier alpha value is -1.65. The summed E-state index contributed by atoms with van der Waals surface area (Å²) in [5, 5.41) is 5.13. The average Bonchev–Trinajstić information content (AvgIpc) is 2.32. The topological polar surface area (TPSA) is 50.2 Å². The number of hydrogen-bond acceptors (Lipinski definition) is 4. The minimum atomic E-state index is 0.442. The van der Waals surface area contributed by atoms with Gasteiger partial charge in [0.15, 0.2) is 0 Å². The lowest BCUT2D eigenvalue weighted by Crippen LogP contribution is -2.00. The molecule has 0 atom stereocenters. The minimum absolute atomic E-state index is 0.442. The maximum Gasteiger partial charge on any atom is 0.243 e. The molecule has 0 fully saturated rings. The standard InChI is InChI=1S/C13H12Cl2N4/c1-8-6-9(2)18-13(17-8)19-16-7-10-11(14)4-3-5-12(10)15/h3-7H,1-2H3,(H,17,18,19)/b16-7-. The van der Waals surface area contributed by atoms with Crippen LogP contribution in [0.25, 0.3) is 0 Å². The van der Waals surface area contributed by atoms with Crippen LogP contribution in [0.1, 0.15) is 17.0 Å². The first-order valence-corrected chi connectivity index (χ1v) is 6.37. The second-order valence-electron chi connectivity index (χ2n) is 3.98. The number of halogens is 2. The Kier molecular flexibility index (Phi) is 4.35. The van der Waals surface area contributed by atoms with Crippen molar-refractivity contribution >= 4 is 35.4 Å². The van der Waals surface area contributed by atoms with Crippen LogP contribution < -0.4 is 5.43 Å². The fourth-order valence-corrected chi connectivity index (χ4v) is 2.06. The van der Waals surface area contributed by atoms with Gasteiger partial charge in [0, 0.05) is 17.0 Å². The van der Waals surface area contributed by atoms with E-state index in [0.717, 1.165) is 11.4 Å². The molecule has 19 heavy (non-hydrogen) atoms. The Labute approximate surface area is 121 Å². The van der Waals surface area contributed by atoms with Gasteiger partial charge in [0.05, 0.1) is 16.3 Å². The van der Waals surface area contributed by atoms with E-state index in [1.54, 1.807) is 24.4 Å². The third-order valence-corrected chi connectivity index (χ3v) is 3.00. The first kappa shape index (κ1) is 13.8. The molecule has 0 radical (unpaired) electrons. The minimum Gasteiger partial charge on any atom is -0.245 e. The van der Waals surface area contributed by atoms with E-state index in [4.69, 9.17) is 23.2 Å². The van der Waals surface area contributed by atoms with Gasteiger partial charge >= 0.3 is 0 Å². The molecule has 1 N–H and O–H groups in total. The molecule has 0 spiro atoms. The highest BCUT2D eigenvalue weighted by Crippen LogP contribution is 2.22. The number of rotatable bonds is 3. The van der Waals surface area contributed by atoms with E-state index in [9.17, 15) is 0 Å². The first-order chi connectivity index (χ1) is 9.06. The van der Waals surface area contributed by atoms with Crippen molar-refractivity contribution < 1.29 is 0 Å². The van der Waals surface area contributed by atoms with E-state index in [1.807, 2.05) is 19.9 Å². The van der Waals surface area contributed by atoms with Gasteiger partial charge in [0.25, 0.3) is 0 Å². The Bertz CT molecular complexity index is 586. The maximum absolute atomic E-state index is 6.03. The molecule has 0 bridgehead atoms. The van der Waals surface area contributed by atoms with Crippen molar-refractivity contribution in [2.45, 2.75) is 13.8 Å². The Morgan fingerprint density at radius 2 is 1.68 bits per heavy atom. The number of nitrogens with zero attached hydrogens (tertiary/aromatic N) is 3. The van der Waals surface area contributed by atoms with Crippen LogP contribution in [0, 0.1) is 13.8 Å². The zero-order valence-corrected chi connectivity index (χ0v) is 12.0. The number of anilines is 1. The molecule has 2 rings (SSSR count). The largest absolute Gasteiger partial charge is 0.245 e. The lowest BCUT2D eigenvalue weighted by molar-refractivity contribution is 1.04. The number of aryl methyl sites for hydroxylation is 2. The summed E-state index contributed by atoms with van der Waals surface area (Å²) in [7, 11) is 0. The van der Waals surface area contributed by atoms with Crippen molar-refractivity contribution in [2.24, 2.45) is 5.10 Å². The van der Waals surface area contributed by atoms with Crippen LogP contribution >= 0.6 is 23.2 Å². The Morgan fingerprint density at radius 3 is 2.26 bits per heavy atom. The summed E-state index contributed by atoms with van der Waals surface area (Å²) in [5.74, 6) is 0.442. The highest BCUT2D eigenvalue weighted by Gasteiger charge is 2.02. The van der Waals surface area contributed by atoms with Crippen molar-refractivity contribution in [1.29, 1.82) is 0 Å². The normalized spacial score (nSPS) is 10.9. The number of aromatic nitrogens is 2. The molecule has 4 nitrogen and oxygen atoms in total. The highest BCUT2D eigenvalue weighted by atomic mass is 35.5. The van der Waals surface area contributed by atoms with Crippen LogP contribution in [-0.4, -0.2) is 16.2 Å². The summed E-state index contributed by atoms with van der Waals surface area (Å²) < 4.78 is 0. The summed E-state index contributed by atoms with van der Waals surface area (Å²) in [6.45, 7) is 3.79. The van der Waals surface area contributed by atoms with E-state index in [1.165, 1.54) is 0 Å². The molecule has 1 aromatic heterocycles. The van der Waals surface area contributed by atoms with Crippen molar-refractivity contribution in [1.82, 2.24) is 9.97 Å². The fourth-order valence-electron chi connectivity index (χ4n) is 1.56. The van der Waals surface area contributed by atoms with Crippen LogP contribution in [0.15, 0.2) is 29.4 Å². The molecule has 1 heterocycles. The van der Waals surface area contributed by atoms with Crippen molar-refractivity contribution in [3.05, 3.63) is 51.3 Å². The number of hydrogen-bond donors (Lipinski definition) is 1. The quantitative estimate of drug-likeness (QED) is 0.691. The molecular weight excluding hydrogens is 283 g/mol. The number of hydrazone groups is 1. The number of benzene rings is 1. The van der Waals surface area contributed by atoms with Crippen molar-refractivity contribution in [3.63, 3.8) is 0 Å². The molecule has 0 amide bonds. The van der Waals surface area contributed by atoms with Crippen LogP contribution in [0.5, 0.6) is 0 Å². The molecule has 0 saturated heterocycles. The molecule has 98 valence electrons. The van der Waals surface area contributed by atoms with E-state index in [0.29, 0.717) is 21.6 Å². The van der Waals surface area contributed by atoms with Gasteiger partial charge in [0.2, 0.25) is 5.95 Å². The zero-order chi connectivity index (χ0) is 13.8. The fraction of sp³-hybridized carbons (Fsp3) is 0.154. The second kappa shape index (κ2) is 5.99. The van der Waals surface area contributed by atoms with Crippen LogP contribution in [0.3, 0.4) is 0 Å². The molecule has 1 aromatic carbocycles. The van der Waals surface area contributed by atoms with Crippen molar-refractivity contribution in [2.75, 3.05) is 5.43 Å². The van der Waals surface area contributed by atoms with Gasteiger partial charge in [-0.25, -0.2) is 15.4 Å². The smallest absolute Gasteiger partial charge is 0.243 e. The van der Waals surface area contributed by atoms with Gasteiger partial charge in [-0.1, -0.05) is 29.3 Å². The monoisotopic (exact) mass is 294 g/mol. The van der Waals surface area contributed by atoms with E-state index >= 15 is 0 Å². The van der Waals surface area contributed by atoms with E-state index in [-0.39, 0.29) is 0 Å². The predicted octanol–water partition coefficient (Wildman–Crippen LogP) is 3.85. The highest BCUT2D eigenvalue weighted by molar-refractivity contribution is 6.38. The predicted molar refractivity (Wildman–Crippen MR) is 79.2 cm³/mol. The SMILES string of the molecule is Cc1cc(C)nc(N/N=C\c2c(Cl)cccc2Cl)n1. The van der Waals surface area contributed by atoms with Gasteiger partial charge in [-0.15, -0.1) is 0 Å². The lowest BCUT2D eigenvalue weighted by Gasteiger charge is -2.03. The molecule has 0 aliphatic rings. The molecule has 0 aliphatic carbocycles. The van der Waals surface area contributed by atoms with Crippen molar-refractivity contribution in [3.8, 4) is 0 Å². The molecular formula is C13H12Cl2N4. The lowest BCUT2D eigenvalue weighted by atomic mass is 10.2. The van der Waals surface area contributed by atoms with E-state index in [2.05, 4.69) is 20.5 Å². The maximum atomic E-state index is 6.03. The van der Waals surface area contributed by atoms with Gasteiger partial charge in [-0.3, -0.25) is 0 Å². The van der Waals surface area contributed by atoms with Crippen LogP contribution in [-0.2, 0) is 0 Å². The van der Waals surface area contributed by atoms with Crippen LogP contribution in [0.4, 0.5) is 5.95 Å². The molecule has 6 heteroatoms. The molecule has 0 saturated carbocycles. The van der Waals surface area contributed by atoms with Gasteiger partial charge < -0.3 is 0 Å². The Morgan fingerprint density at radius 1 is 1.11 bits per heavy atom. The summed E-state index contributed by atoms with van der Waals surface area (Å²) in [4.78, 5) is 8.42. The van der Waals surface area contributed by atoms with Crippen LogP contribution in [0.2, 0.25) is 10.0 Å². The second-order valence-corrected chi connectivity index (χ2v) is 4.79. The van der Waals surface area contributed by atoms with Gasteiger partial charge in [-0.2, -0.15) is 5.10 Å². The summed E-state index contributed by atoms with van der Waals surface area (Å²) in [5.41, 5.74) is 5.17. The van der Waals surface area contributed by atoms with Gasteiger partial charge in [0.1, 0.15) is 0 Å². The summed E-state index contributed by atoms with van der Waals surface area (Å²) >= 11 is 12.1. The van der Waals surface area contributed by atoms with E-state index < -0.39 is 0 Å². The zero-order valence-electron chi connectivity index (χ0n) is 10.5. The van der Waals surface area contributed by atoms with Gasteiger partial charge in [-0.05, 0) is 32.0 Å². The number of nitrogens with one attached hydrogen (secondary N) is 1. The molecule has 0 aliphatic heterocycles. The first-order valence-electron chi connectivity index (χ1n) is 5.61. The molecule has 0 unspecified atom stereocenters. The Balaban J connectivity index is 2.16.